The molecule has 0 aliphatic heterocycles. The van der Waals surface area contributed by atoms with E-state index in [1.165, 1.54) is 0 Å². The topological polar surface area (TPSA) is 96.1 Å². The summed E-state index contributed by atoms with van der Waals surface area (Å²) in [6.07, 6.45) is 0.676. The van der Waals surface area contributed by atoms with E-state index in [-0.39, 0.29) is 49.1 Å². The second kappa shape index (κ2) is 10.4. The summed E-state index contributed by atoms with van der Waals surface area (Å²) in [6, 6.07) is 9.26. The fourth-order valence-corrected chi connectivity index (χ4v) is 3.52. The van der Waals surface area contributed by atoms with E-state index in [0.717, 1.165) is 11.1 Å². The first-order chi connectivity index (χ1) is 14.9. The molecule has 7 nitrogen and oxygen atoms in total. The maximum atomic E-state index is 13.2. The van der Waals surface area contributed by atoms with Crippen LogP contribution in [-0.2, 0) is 17.8 Å². The normalized spacial score (nSPS) is 16.0. The zero-order chi connectivity index (χ0) is 22.3. The Labute approximate surface area is 179 Å². The van der Waals surface area contributed by atoms with E-state index in [0.29, 0.717) is 32.0 Å². The summed E-state index contributed by atoms with van der Waals surface area (Å²) in [5.74, 6) is -2.94. The number of nitrogens with one attached hydrogen (secondary N) is 3. The molecular weight excluding hydrogens is 406 g/mol. The summed E-state index contributed by atoms with van der Waals surface area (Å²) in [7, 11) is 0. The number of aromatic nitrogens is 2. The van der Waals surface area contributed by atoms with Gasteiger partial charge in [-0.2, -0.15) is 5.10 Å². The lowest BCUT2D eigenvalue weighted by molar-refractivity contribution is -0.129. The molecule has 3 rings (SSSR count). The number of benzene rings is 1. The average Bonchev–Trinajstić information content (AvgIpc) is 3.22. The van der Waals surface area contributed by atoms with E-state index >= 15 is 0 Å². The van der Waals surface area contributed by atoms with Crippen molar-refractivity contribution in [1.29, 1.82) is 0 Å². The smallest absolute Gasteiger partial charge is 0.271 e. The molecule has 0 unspecified atom stereocenters. The minimum Gasteiger partial charge on any atom is -0.478 e. The number of rotatable bonds is 9. The molecule has 9 heteroatoms. The molecular formula is C22H28F2N4O3. The summed E-state index contributed by atoms with van der Waals surface area (Å²) in [5.41, 5.74) is 2.25. The summed E-state index contributed by atoms with van der Waals surface area (Å²) in [5, 5.41) is 12.2. The third-order valence-corrected chi connectivity index (χ3v) is 5.36. The molecule has 2 amide bonds. The van der Waals surface area contributed by atoms with Crippen molar-refractivity contribution < 1.29 is 23.1 Å². The van der Waals surface area contributed by atoms with Crippen molar-refractivity contribution in [3.05, 3.63) is 47.2 Å². The van der Waals surface area contributed by atoms with Crippen LogP contribution in [0.4, 0.5) is 8.78 Å². The third kappa shape index (κ3) is 6.77. The number of hydrogen-bond donors (Lipinski definition) is 3. The molecule has 0 saturated heterocycles. The van der Waals surface area contributed by atoms with Gasteiger partial charge in [0.2, 0.25) is 17.7 Å². The number of ether oxygens (including phenoxy) is 1. The van der Waals surface area contributed by atoms with Crippen molar-refractivity contribution in [2.75, 3.05) is 13.2 Å². The largest absolute Gasteiger partial charge is 0.478 e. The predicted octanol–water partition coefficient (Wildman–Crippen LogP) is 3.22. The lowest BCUT2D eigenvalue weighted by Crippen LogP contribution is -2.35. The summed E-state index contributed by atoms with van der Waals surface area (Å²) in [6.45, 7) is 3.16. The molecule has 1 aliphatic rings. The van der Waals surface area contributed by atoms with Crippen LogP contribution in [-0.4, -0.2) is 41.1 Å². The van der Waals surface area contributed by atoms with E-state index < -0.39 is 5.92 Å². The van der Waals surface area contributed by atoms with Crippen LogP contribution in [0.3, 0.4) is 0 Å². The van der Waals surface area contributed by atoms with Crippen molar-refractivity contribution in [1.82, 2.24) is 20.8 Å². The van der Waals surface area contributed by atoms with Crippen molar-refractivity contribution in [2.24, 2.45) is 5.92 Å². The number of amides is 2. The van der Waals surface area contributed by atoms with Gasteiger partial charge in [-0.15, -0.1) is 0 Å². The number of alkyl halides is 2. The Bertz CT molecular complexity index is 873. The molecule has 1 aliphatic carbocycles. The molecule has 168 valence electrons. The molecule has 2 aromatic rings. The van der Waals surface area contributed by atoms with Gasteiger partial charge in [0.15, 0.2) is 5.69 Å². The Balaban J connectivity index is 1.38. The van der Waals surface area contributed by atoms with E-state index in [9.17, 15) is 18.4 Å². The second-order valence-electron chi connectivity index (χ2n) is 7.72. The molecule has 0 spiro atoms. The Hall–Kier alpha value is -2.97. The van der Waals surface area contributed by atoms with Gasteiger partial charge in [-0.3, -0.25) is 9.59 Å². The first-order valence-electron chi connectivity index (χ1n) is 10.6. The van der Waals surface area contributed by atoms with E-state index in [1.807, 2.05) is 31.2 Å². The summed E-state index contributed by atoms with van der Waals surface area (Å²) in [4.78, 5) is 24.3. The molecule has 31 heavy (non-hydrogen) atoms. The van der Waals surface area contributed by atoms with Gasteiger partial charge in [0.05, 0.1) is 6.61 Å². The van der Waals surface area contributed by atoms with Gasteiger partial charge in [0.25, 0.3) is 5.91 Å². The number of H-pyrrole nitrogens is 1. The standard InChI is InChI=1S/C22H28F2N4O3/c1-2-31-19-13-18(27-28-19)21(30)25-12-9-15-3-5-16(6-4-15)14-26-20(29)17-7-10-22(23,24)11-8-17/h3-6,13,17H,2,7-12,14H2,1H3,(H,25,30)(H,26,29)(H,27,28). The van der Waals surface area contributed by atoms with Crippen molar-refractivity contribution in [2.45, 2.75) is 51.5 Å². The van der Waals surface area contributed by atoms with Gasteiger partial charge in [0.1, 0.15) is 0 Å². The van der Waals surface area contributed by atoms with Crippen LogP contribution >= 0.6 is 0 Å². The maximum Gasteiger partial charge on any atom is 0.271 e. The van der Waals surface area contributed by atoms with Crippen molar-refractivity contribution in [3.8, 4) is 5.88 Å². The van der Waals surface area contributed by atoms with Crippen LogP contribution in [0.2, 0.25) is 0 Å². The number of hydrogen-bond acceptors (Lipinski definition) is 4. The van der Waals surface area contributed by atoms with Gasteiger partial charge in [-0.05, 0) is 37.3 Å². The minimum absolute atomic E-state index is 0.159. The zero-order valence-corrected chi connectivity index (χ0v) is 17.5. The Morgan fingerprint density at radius 3 is 2.52 bits per heavy atom. The van der Waals surface area contributed by atoms with Crippen LogP contribution < -0.4 is 15.4 Å². The van der Waals surface area contributed by atoms with Gasteiger partial charge < -0.3 is 15.4 Å². The molecule has 1 aromatic carbocycles. The van der Waals surface area contributed by atoms with Gasteiger partial charge in [-0.1, -0.05) is 24.3 Å². The molecule has 0 radical (unpaired) electrons. The van der Waals surface area contributed by atoms with Crippen LogP contribution in [0.25, 0.3) is 0 Å². The third-order valence-electron chi connectivity index (χ3n) is 5.36. The minimum atomic E-state index is -2.63. The molecule has 0 bridgehead atoms. The fourth-order valence-electron chi connectivity index (χ4n) is 3.52. The maximum absolute atomic E-state index is 13.2. The highest BCUT2D eigenvalue weighted by Crippen LogP contribution is 2.36. The highest BCUT2D eigenvalue weighted by atomic mass is 19.3. The zero-order valence-electron chi connectivity index (χ0n) is 17.5. The van der Waals surface area contributed by atoms with Crippen LogP contribution in [0.1, 0.15) is 54.2 Å². The first-order valence-corrected chi connectivity index (χ1v) is 10.6. The molecule has 3 N–H and O–H groups in total. The van der Waals surface area contributed by atoms with Crippen molar-refractivity contribution in [3.63, 3.8) is 0 Å². The second-order valence-corrected chi connectivity index (χ2v) is 7.72. The molecule has 1 fully saturated rings. The molecule has 0 atom stereocenters. The quantitative estimate of drug-likeness (QED) is 0.565. The van der Waals surface area contributed by atoms with E-state index in [1.54, 1.807) is 6.07 Å². The Morgan fingerprint density at radius 1 is 1.16 bits per heavy atom. The van der Waals surface area contributed by atoms with E-state index in [2.05, 4.69) is 20.8 Å². The highest BCUT2D eigenvalue weighted by molar-refractivity contribution is 5.92. The predicted molar refractivity (Wildman–Crippen MR) is 111 cm³/mol. The van der Waals surface area contributed by atoms with Gasteiger partial charge >= 0.3 is 0 Å². The number of halogens is 2. The van der Waals surface area contributed by atoms with Gasteiger partial charge in [-0.25, -0.2) is 13.9 Å². The number of nitrogens with zero attached hydrogens (tertiary/aromatic N) is 1. The monoisotopic (exact) mass is 434 g/mol. The van der Waals surface area contributed by atoms with E-state index in [4.69, 9.17) is 4.74 Å². The Morgan fingerprint density at radius 2 is 1.84 bits per heavy atom. The fraction of sp³-hybridized carbons (Fsp3) is 0.500. The lowest BCUT2D eigenvalue weighted by Gasteiger charge is -2.27. The molecule has 1 saturated carbocycles. The Kier molecular flexibility index (Phi) is 7.59. The summed E-state index contributed by atoms with van der Waals surface area (Å²) < 4.78 is 31.7. The number of carbonyl (C=O) groups is 2. The van der Waals surface area contributed by atoms with Gasteiger partial charge in [0, 0.05) is 37.9 Å². The average molecular weight is 434 g/mol. The summed E-state index contributed by atoms with van der Waals surface area (Å²) >= 11 is 0. The molecule has 1 aromatic heterocycles. The molecule has 1 heterocycles. The van der Waals surface area contributed by atoms with Crippen LogP contribution in [0, 0.1) is 5.92 Å². The lowest BCUT2D eigenvalue weighted by atomic mass is 9.86. The van der Waals surface area contributed by atoms with Crippen LogP contribution in [0.15, 0.2) is 30.3 Å². The SMILES string of the molecule is CCOc1cc(C(=O)NCCc2ccc(CNC(=O)C3CCC(F)(F)CC3)cc2)n[nH]1. The van der Waals surface area contributed by atoms with Crippen molar-refractivity contribution >= 4 is 11.8 Å². The first kappa shape index (κ1) is 22.7. The number of carbonyl (C=O) groups excluding carboxylic acids is 2. The van der Waals surface area contributed by atoms with Crippen LogP contribution in [0.5, 0.6) is 5.88 Å². The highest BCUT2D eigenvalue weighted by Gasteiger charge is 2.37. The number of aromatic amines is 1.